The Kier molecular flexibility index (Phi) is 7.25. The number of pyridine rings is 1. The van der Waals surface area contributed by atoms with Crippen molar-refractivity contribution in [1.82, 2.24) is 20.2 Å². The standard InChI is InChI=1S/C24H24ClF3N4O4S/c25-14-10-32(19-15(33)11-36-20(14)19)23(35)18(12-4-2-1-3-5-12)31-21(34)22-30-9-16(37-22)13-6-7-17(29-8-13)24(26,27)28/h6-9,12,14,18-20H,1-5,10-11H2,(H,31,34). The van der Waals surface area contributed by atoms with Gasteiger partial charge in [-0.25, -0.2) is 4.98 Å². The summed E-state index contributed by atoms with van der Waals surface area (Å²) in [6, 6.07) is 0.529. The summed E-state index contributed by atoms with van der Waals surface area (Å²) < 4.78 is 43.9. The molecule has 1 N–H and O–H groups in total. The third-order valence-electron chi connectivity index (χ3n) is 7.12. The number of fused-ring (bicyclic) bond motifs is 1. The van der Waals surface area contributed by atoms with Gasteiger partial charge < -0.3 is 15.0 Å². The largest absolute Gasteiger partial charge is 0.433 e. The van der Waals surface area contributed by atoms with Crippen molar-refractivity contribution in [3.63, 3.8) is 0 Å². The number of rotatable bonds is 5. The van der Waals surface area contributed by atoms with E-state index in [-0.39, 0.29) is 35.8 Å². The molecule has 13 heteroatoms. The number of ether oxygens (including phenoxy) is 1. The van der Waals surface area contributed by atoms with Crippen LogP contribution in [0.2, 0.25) is 0 Å². The van der Waals surface area contributed by atoms with Gasteiger partial charge in [0.15, 0.2) is 10.8 Å². The minimum Gasteiger partial charge on any atom is -0.366 e. The summed E-state index contributed by atoms with van der Waals surface area (Å²) in [7, 11) is 0. The van der Waals surface area contributed by atoms with E-state index >= 15 is 0 Å². The second-order valence-corrected chi connectivity index (χ2v) is 11.1. The van der Waals surface area contributed by atoms with Crippen LogP contribution in [0, 0.1) is 5.92 Å². The first-order valence-electron chi connectivity index (χ1n) is 12.0. The minimum atomic E-state index is -4.55. The van der Waals surface area contributed by atoms with Crippen molar-refractivity contribution >= 4 is 40.5 Å². The van der Waals surface area contributed by atoms with Gasteiger partial charge >= 0.3 is 6.18 Å². The van der Waals surface area contributed by atoms with Crippen LogP contribution in [-0.4, -0.2) is 69.2 Å². The Morgan fingerprint density at radius 2 is 1.92 bits per heavy atom. The number of amides is 2. The van der Waals surface area contributed by atoms with E-state index in [1.54, 1.807) is 0 Å². The molecule has 198 valence electrons. The molecule has 2 aromatic heterocycles. The molecular formula is C24H24ClF3N4O4S. The number of ketones is 1. The molecule has 4 heterocycles. The topological polar surface area (TPSA) is 101 Å². The lowest BCUT2D eigenvalue weighted by Gasteiger charge is -2.34. The van der Waals surface area contributed by atoms with Gasteiger partial charge in [-0.2, -0.15) is 13.2 Å². The van der Waals surface area contributed by atoms with E-state index < -0.39 is 41.3 Å². The molecule has 4 unspecified atom stereocenters. The van der Waals surface area contributed by atoms with E-state index in [0.29, 0.717) is 10.4 Å². The number of halogens is 4. The fraction of sp³-hybridized carbons (Fsp3) is 0.542. The summed E-state index contributed by atoms with van der Waals surface area (Å²) in [5, 5.41) is 2.40. The molecule has 3 fully saturated rings. The number of hydrogen-bond donors (Lipinski definition) is 1. The minimum absolute atomic E-state index is 0.0679. The SMILES string of the molecule is O=C(NC(C(=O)N1CC(Cl)C2OCC(=O)C21)C1CCCCC1)c1ncc(-c2ccc(C(F)(F)F)nc2)s1. The third-order valence-corrected chi connectivity index (χ3v) is 8.55. The van der Waals surface area contributed by atoms with E-state index in [9.17, 15) is 27.6 Å². The number of likely N-dealkylation sites (tertiary alicyclic amines) is 1. The Morgan fingerprint density at radius 3 is 2.59 bits per heavy atom. The van der Waals surface area contributed by atoms with Crippen LogP contribution in [0.1, 0.15) is 47.6 Å². The molecular weight excluding hydrogens is 533 g/mol. The molecule has 8 nitrogen and oxygen atoms in total. The van der Waals surface area contributed by atoms with Crippen LogP contribution in [0.4, 0.5) is 13.2 Å². The molecule has 2 saturated heterocycles. The van der Waals surface area contributed by atoms with Crippen molar-refractivity contribution in [3.8, 4) is 10.4 Å². The zero-order valence-electron chi connectivity index (χ0n) is 19.5. The molecule has 0 spiro atoms. The highest BCUT2D eigenvalue weighted by atomic mass is 35.5. The van der Waals surface area contributed by atoms with Gasteiger partial charge in [0.05, 0.1) is 10.3 Å². The van der Waals surface area contributed by atoms with Crippen LogP contribution in [0.3, 0.4) is 0 Å². The first-order valence-corrected chi connectivity index (χ1v) is 13.3. The molecule has 1 saturated carbocycles. The van der Waals surface area contributed by atoms with E-state index in [4.69, 9.17) is 16.3 Å². The van der Waals surface area contributed by atoms with Crippen molar-refractivity contribution in [2.75, 3.05) is 13.2 Å². The number of hydrogen-bond acceptors (Lipinski definition) is 7. The summed E-state index contributed by atoms with van der Waals surface area (Å²) in [5.41, 5.74) is -0.623. The highest BCUT2D eigenvalue weighted by Gasteiger charge is 2.53. The van der Waals surface area contributed by atoms with Gasteiger partial charge in [0.1, 0.15) is 30.5 Å². The number of thiazole rings is 1. The molecule has 37 heavy (non-hydrogen) atoms. The van der Waals surface area contributed by atoms with Gasteiger partial charge in [0.2, 0.25) is 5.91 Å². The molecule has 2 aromatic rings. The molecule has 0 bridgehead atoms. The Labute approximate surface area is 219 Å². The van der Waals surface area contributed by atoms with E-state index in [0.717, 1.165) is 55.7 Å². The Hall–Kier alpha value is -2.57. The number of carbonyl (C=O) groups excluding carboxylic acids is 3. The first kappa shape index (κ1) is 26.1. The van der Waals surface area contributed by atoms with Crippen LogP contribution in [0.5, 0.6) is 0 Å². The number of carbonyl (C=O) groups is 3. The molecule has 0 radical (unpaired) electrons. The molecule has 1 aliphatic carbocycles. The van der Waals surface area contributed by atoms with Crippen LogP contribution < -0.4 is 5.32 Å². The maximum absolute atomic E-state index is 13.7. The first-order chi connectivity index (χ1) is 17.6. The van der Waals surface area contributed by atoms with Crippen molar-refractivity contribution in [3.05, 3.63) is 35.2 Å². The molecule has 4 atom stereocenters. The fourth-order valence-corrected chi connectivity index (χ4v) is 6.44. The fourth-order valence-electron chi connectivity index (χ4n) is 5.27. The monoisotopic (exact) mass is 556 g/mol. The molecule has 0 aromatic carbocycles. The maximum atomic E-state index is 13.7. The van der Waals surface area contributed by atoms with Gasteiger partial charge in [0, 0.05) is 24.5 Å². The lowest BCUT2D eigenvalue weighted by molar-refractivity contribution is -0.141. The summed E-state index contributed by atoms with van der Waals surface area (Å²) in [5.74, 6) is -1.23. The number of alkyl halides is 4. The van der Waals surface area contributed by atoms with Gasteiger partial charge in [-0.1, -0.05) is 19.3 Å². The van der Waals surface area contributed by atoms with Gasteiger partial charge in [0.25, 0.3) is 5.91 Å². The quantitative estimate of drug-likeness (QED) is 0.564. The van der Waals surface area contributed by atoms with Crippen molar-refractivity contribution in [2.24, 2.45) is 5.92 Å². The average Bonchev–Trinajstić information content (AvgIpc) is 3.60. The Balaban J connectivity index is 1.34. The highest BCUT2D eigenvalue weighted by Crippen LogP contribution is 2.35. The smallest absolute Gasteiger partial charge is 0.366 e. The van der Waals surface area contributed by atoms with E-state index in [1.165, 1.54) is 17.2 Å². The normalized spacial score (nSPS) is 25.2. The second kappa shape index (κ2) is 10.3. The Bertz CT molecular complexity index is 1190. The van der Waals surface area contributed by atoms with Crippen LogP contribution in [0.15, 0.2) is 24.5 Å². The predicted octanol–water partition coefficient (Wildman–Crippen LogP) is 3.69. The van der Waals surface area contributed by atoms with Crippen LogP contribution in [-0.2, 0) is 20.5 Å². The summed E-state index contributed by atoms with van der Waals surface area (Å²) >= 11 is 7.36. The lowest BCUT2D eigenvalue weighted by Crippen LogP contribution is -2.55. The lowest BCUT2D eigenvalue weighted by atomic mass is 9.83. The van der Waals surface area contributed by atoms with Gasteiger partial charge in [-0.05, 0) is 30.9 Å². The molecule has 3 aliphatic rings. The predicted molar refractivity (Wildman–Crippen MR) is 128 cm³/mol. The average molecular weight is 557 g/mol. The third kappa shape index (κ3) is 5.23. The van der Waals surface area contributed by atoms with Gasteiger partial charge in [-0.3, -0.25) is 19.4 Å². The van der Waals surface area contributed by atoms with Crippen LogP contribution >= 0.6 is 22.9 Å². The molecule has 5 rings (SSSR count). The molecule has 2 aliphatic heterocycles. The zero-order chi connectivity index (χ0) is 26.3. The Morgan fingerprint density at radius 1 is 1.16 bits per heavy atom. The van der Waals surface area contributed by atoms with Crippen molar-refractivity contribution < 1.29 is 32.3 Å². The van der Waals surface area contributed by atoms with Crippen molar-refractivity contribution in [1.29, 1.82) is 0 Å². The number of nitrogens with zero attached hydrogens (tertiary/aromatic N) is 3. The zero-order valence-corrected chi connectivity index (χ0v) is 21.1. The van der Waals surface area contributed by atoms with E-state index in [1.807, 2.05) is 0 Å². The summed E-state index contributed by atoms with van der Waals surface area (Å²) in [4.78, 5) is 48.8. The van der Waals surface area contributed by atoms with Crippen molar-refractivity contribution in [2.45, 2.75) is 61.8 Å². The maximum Gasteiger partial charge on any atom is 0.433 e. The number of Topliss-reactive ketones (excluding diaryl/α,β-unsaturated/α-hetero) is 1. The van der Waals surface area contributed by atoms with E-state index in [2.05, 4.69) is 15.3 Å². The molecule has 2 amide bonds. The summed E-state index contributed by atoms with van der Waals surface area (Å²) in [6.45, 7) is 0.0619. The highest BCUT2D eigenvalue weighted by molar-refractivity contribution is 7.17. The second-order valence-electron chi connectivity index (χ2n) is 9.50. The van der Waals surface area contributed by atoms with Gasteiger partial charge in [-0.15, -0.1) is 22.9 Å². The summed E-state index contributed by atoms with van der Waals surface area (Å²) in [6.07, 6.45) is 1.79. The number of aromatic nitrogens is 2. The number of nitrogens with one attached hydrogen (secondary N) is 1. The van der Waals surface area contributed by atoms with Crippen LogP contribution in [0.25, 0.3) is 10.4 Å².